The van der Waals surface area contributed by atoms with E-state index in [0.29, 0.717) is 0 Å². The predicted octanol–water partition coefficient (Wildman–Crippen LogP) is 1.38. The number of allylic oxidation sites excluding steroid dienone is 2. The second-order valence-corrected chi connectivity index (χ2v) is 4.10. The first-order valence-corrected chi connectivity index (χ1v) is 5.68. The van der Waals surface area contributed by atoms with Gasteiger partial charge in [-0.05, 0) is 19.3 Å². The predicted molar refractivity (Wildman–Crippen MR) is 55.8 cm³/mol. The largest absolute Gasteiger partial charge is 0.389 e. The molecule has 0 heterocycles. The zero-order chi connectivity index (χ0) is 8.69. The zero-order valence-corrected chi connectivity index (χ0v) is 10.3. The first-order chi connectivity index (χ1) is 5.26. The van der Waals surface area contributed by atoms with E-state index in [4.69, 9.17) is 0 Å². The first kappa shape index (κ1) is 10.8. The lowest BCUT2D eigenvalue weighted by atomic mass is 10.2. The molecule has 1 nitrogen and oxygen atoms in total. The Morgan fingerprint density at radius 1 is 1.18 bits per heavy atom. The molecule has 0 aromatic heterocycles. The molecule has 66 valence electrons. The summed E-state index contributed by atoms with van der Waals surface area (Å²) in [6, 6.07) is 0. The van der Waals surface area contributed by atoms with E-state index in [-0.39, 0.29) is 0 Å². The number of nitrogens with one attached hydrogen (secondary N) is 1. The fraction of sp³-hybridized carbons (Fsp3) is 0.778. The minimum absolute atomic E-state index is 1.13. The number of rotatable bonds is 5. The van der Waals surface area contributed by atoms with E-state index in [1.807, 2.05) is 0 Å². The molecule has 11 heavy (non-hydrogen) atoms. The molecule has 0 saturated carbocycles. The molecule has 0 aliphatic carbocycles. The summed E-state index contributed by atoms with van der Waals surface area (Å²) in [6.45, 7) is 7.81. The topological polar surface area (TPSA) is 12.0 Å². The summed E-state index contributed by atoms with van der Waals surface area (Å²) < 4.78 is 0. The standard InChI is InChI=1S/C9H21NSi/c1-4-7-10-8(5-2)9(11)6-3/h10H,4-7H2,1-3,11H3. The van der Waals surface area contributed by atoms with Crippen LogP contribution in [0.2, 0.25) is 0 Å². The van der Waals surface area contributed by atoms with Gasteiger partial charge in [-0.1, -0.05) is 26.0 Å². The minimum atomic E-state index is 1.13. The SMILES string of the molecule is CCCNC(CC)=C([SiH3])CC. The molecule has 0 aliphatic rings. The first-order valence-electron chi connectivity index (χ1n) is 4.68. The molecule has 2 heteroatoms. The van der Waals surface area contributed by atoms with Crippen LogP contribution in [0.5, 0.6) is 0 Å². The normalized spacial score (nSPS) is 13.0. The van der Waals surface area contributed by atoms with Crippen molar-refractivity contribution >= 4 is 10.2 Å². The average molecular weight is 171 g/mol. The van der Waals surface area contributed by atoms with Crippen molar-refractivity contribution in [3.63, 3.8) is 0 Å². The maximum atomic E-state index is 3.48. The van der Waals surface area contributed by atoms with Gasteiger partial charge in [0.15, 0.2) is 0 Å². The third kappa shape index (κ3) is 4.25. The summed E-state index contributed by atoms with van der Waals surface area (Å²) in [7, 11) is 1.22. The summed E-state index contributed by atoms with van der Waals surface area (Å²) in [5, 5.41) is 5.12. The summed E-state index contributed by atoms with van der Waals surface area (Å²) in [5.74, 6) is 0. The average Bonchev–Trinajstić information content (AvgIpc) is 2.05. The van der Waals surface area contributed by atoms with Crippen molar-refractivity contribution in [2.75, 3.05) is 6.54 Å². The van der Waals surface area contributed by atoms with Gasteiger partial charge >= 0.3 is 0 Å². The van der Waals surface area contributed by atoms with E-state index in [9.17, 15) is 0 Å². The van der Waals surface area contributed by atoms with Crippen LogP contribution in [0.1, 0.15) is 40.0 Å². The van der Waals surface area contributed by atoms with E-state index in [1.165, 1.54) is 35.2 Å². The Hall–Kier alpha value is -0.243. The maximum Gasteiger partial charge on any atom is 0.0355 e. The minimum Gasteiger partial charge on any atom is -0.389 e. The van der Waals surface area contributed by atoms with Gasteiger partial charge in [0.05, 0.1) is 0 Å². The van der Waals surface area contributed by atoms with Gasteiger partial charge in [0.2, 0.25) is 0 Å². The zero-order valence-electron chi connectivity index (χ0n) is 8.33. The van der Waals surface area contributed by atoms with Crippen molar-refractivity contribution < 1.29 is 0 Å². The maximum absolute atomic E-state index is 3.48. The summed E-state index contributed by atoms with van der Waals surface area (Å²) in [5.41, 5.74) is 1.50. The molecule has 0 amide bonds. The monoisotopic (exact) mass is 171 g/mol. The molecule has 0 spiro atoms. The summed E-state index contributed by atoms with van der Waals surface area (Å²) in [4.78, 5) is 0. The Morgan fingerprint density at radius 3 is 2.18 bits per heavy atom. The molecule has 0 aromatic rings. The lowest BCUT2D eigenvalue weighted by molar-refractivity contribution is 0.734. The van der Waals surface area contributed by atoms with Crippen LogP contribution >= 0.6 is 0 Å². The number of hydrogen-bond acceptors (Lipinski definition) is 1. The van der Waals surface area contributed by atoms with Crippen LogP contribution in [-0.2, 0) is 0 Å². The smallest absolute Gasteiger partial charge is 0.0355 e. The van der Waals surface area contributed by atoms with Crippen molar-refractivity contribution in [1.29, 1.82) is 0 Å². The van der Waals surface area contributed by atoms with Crippen molar-refractivity contribution in [1.82, 2.24) is 5.32 Å². The molecule has 0 unspecified atom stereocenters. The Balaban J connectivity index is 3.92. The van der Waals surface area contributed by atoms with Gasteiger partial charge in [0.1, 0.15) is 0 Å². The van der Waals surface area contributed by atoms with Crippen LogP contribution in [0.3, 0.4) is 0 Å². The van der Waals surface area contributed by atoms with E-state index < -0.39 is 0 Å². The molecule has 0 rings (SSSR count). The van der Waals surface area contributed by atoms with Crippen LogP contribution in [0, 0.1) is 0 Å². The molecule has 0 aliphatic heterocycles. The van der Waals surface area contributed by atoms with Gasteiger partial charge in [-0.15, -0.1) is 0 Å². The van der Waals surface area contributed by atoms with E-state index in [0.717, 1.165) is 6.54 Å². The van der Waals surface area contributed by atoms with Gasteiger partial charge in [-0.3, -0.25) is 0 Å². The molecule has 0 saturated heterocycles. The third-order valence-corrected chi connectivity index (χ3v) is 3.30. The van der Waals surface area contributed by atoms with Gasteiger partial charge in [-0.25, -0.2) is 0 Å². The molecule has 1 N–H and O–H groups in total. The lowest BCUT2D eigenvalue weighted by Gasteiger charge is -2.11. The molecular weight excluding hydrogens is 150 g/mol. The van der Waals surface area contributed by atoms with Crippen LogP contribution in [-0.4, -0.2) is 16.8 Å². The molecule has 0 aromatic carbocycles. The van der Waals surface area contributed by atoms with Crippen molar-refractivity contribution in [2.24, 2.45) is 0 Å². The highest BCUT2D eigenvalue weighted by atomic mass is 28.1. The quantitative estimate of drug-likeness (QED) is 0.616. The Labute approximate surface area is 73.7 Å². The van der Waals surface area contributed by atoms with Gasteiger partial charge < -0.3 is 5.32 Å². The molecule has 0 atom stereocenters. The lowest BCUT2D eigenvalue weighted by Crippen LogP contribution is -2.15. The van der Waals surface area contributed by atoms with Crippen LogP contribution in [0.4, 0.5) is 0 Å². The fourth-order valence-electron chi connectivity index (χ4n) is 1.07. The molecular formula is C9H21NSi. The highest BCUT2D eigenvalue weighted by Crippen LogP contribution is 2.05. The molecule has 0 fully saturated rings. The Morgan fingerprint density at radius 2 is 1.82 bits per heavy atom. The van der Waals surface area contributed by atoms with E-state index >= 15 is 0 Å². The second-order valence-electron chi connectivity index (χ2n) is 2.89. The highest BCUT2D eigenvalue weighted by molar-refractivity contribution is 6.21. The van der Waals surface area contributed by atoms with Gasteiger partial charge in [0, 0.05) is 22.5 Å². The Bertz CT molecular complexity index is 130. The number of hydrogen-bond donors (Lipinski definition) is 1. The second kappa shape index (κ2) is 6.47. The molecule has 0 radical (unpaired) electrons. The van der Waals surface area contributed by atoms with Gasteiger partial charge in [-0.2, -0.15) is 0 Å². The Kier molecular flexibility index (Phi) is 6.32. The third-order valence-electron chi connectivity index (χ3n) is 1.99. The van der Waals surface area contributed by atoms with Crippen LogP contribution in [0.15, 0.2) is 10.9 Å². The van der Waals surface area contributed by atoms with Crippen molar-refractivity contribution in [3.8, 4) is 0 Å². The highest BCUT2D eigenvalue weighted by Gasteiger charge is 1.95. The van der Waals surface area contributed by atoms with Crippen LogP contribution < -0.4 is 5.32 Å². The summed E-state index contributed by atoms with van der Waals surface area (Å²) >= 11 is 0. The van der Waals surface area contributed by atoms with Gasteiger partial charge in [0.25, 0.3) is 0 Å². The van der Waals surface area contributed by atoms with E-state index in [1.54, 1.807) is 5.20 Å². The molecule has 0 bridgehead atoms. The summed E-state index contributed by atoms with van der Waals surface area (Å²) in [6.07, 6.45) is 3.63. The fourth-order valence-corrected chi connectivity index (χ4v) is 1.60. The van der Waals surface area contributed by atoms with Crippen LogP contribution in [0.25, 0.3) is 0 Å². The van der Waals surface area contributed by atoms with E-state index in [2.05, 4.69) is 26.1 Å². The van der Waals surface area contributed by atoms with Crippen molar-refractivity contribution in [3.05, 3.63) is 10.9 Å². The van der Waals surface area contributed by atoms with Crippen molar-refractivity contribution in [2.45, 2.75) is 40.0 Å².